The van der Waals surface area contributed by atoms with Gasteiger partial charge in [0.25, 0.3) is 0 Å². The Bertz CT molecular complexity index is 561. The lowest BCUT2D eigenvalue weighted by Gasteiger charge is -2.12. The molecule has 1 radical (unpaired) electrons. The van der Waals surface area contributed by atoms with Crippen molar-refractivity contribution in [2.24, 2.45) is 0 Å². The first-order valence-corrected chi connectivity index (χ1v) is 7.27. The summed E-state index contributed by atoms with van der Waals surface area (Å²) in [6, 6.07) is 13.5. The number of methoxy groups -OCH3 is 1. The zero-order valence-corrected chi connectivity index (χ0v) is 12.6. The highest BCUT2D eigenvalue weighted by Crippen LogP contribution is 2.34. The molecule has 3 nitrogen and oxygen atoms in total. The second-order valence-electron chi connectivity index (χ2n) is 4.87. The van der Waals surface area contributed by atoms with Crippen molar-refractivity contribution in [3.8, 4) is 22.6 Å². The molecule has 0 aliphatic rings. The molecule has 2 rings (SSSR count). The van der Waals surface area contributed by atoms with Crippen LogP contribution in [0.25, 0.3) is 11.1 Å². The molecular weight excluding hydrogens is 264 g/mol. The highest BCUT2D eigenvalue weighted by Gasteiger charge is 2.10. The molecule has 0 amide bonds. The predicted octanol–water partition coefficient (Wildman–Crippen LogP) is 4.47. The lowest BCUT2D eigenvalue weighted by molar-refractivity contribution is 0.174. The van der Waals surface area contributed by atoms with Gasteiger partial charge >= 0.3 is 0 Å². The Morgan fingerprint density at radius 3 is 2.43 bits per heavy atom. The minimum absolute atomic E-state index is 0.283. The number of ether oxygens (including phenoxy) is 2. The van der Waals surface area contributed by atoms with Crippen molar-refractivity contribution in [1.29, 1.82) is 0 Å². The van der Waals surface area contributed by atoms with E-state index in [9.17, 15) is 5.11 Å². The van der Waals surface area contributed by atoms with E-state index in [0.717, 1.165) is 36.3 Å². The fraction of sp³-hybridized carbons (Fsp3) is 0.333. The van der Waals surface area contributed by atoms with Gasteiger partial charge < -0.3 is 9.47 Å². The predicted molar refractivity (Wildman–Crippen MR) is 83.2 cm³/mol. The second-order valence-corrected chi connectivity index (χ2v) is 4.87. The lowest BCUT2D eigenvalue weighted by Crippen LogP contribution is -1.96. The molecule has 111 valence electrons. The van der Waals surface area contributed by atoms with Crippen LogP contribution in [0.3, 0.4) is 0 Å². The van der Waals surface area contributed by atoms with E-state index in [0.29, 0.717) is 11.3 Å². The maximum Gasteiger partial charge on any atom is 0.132 e. The number of hydrogen-bond donors (Lipinski definition) is 0. The third-order valence-corrected chi connectivity index (χ3v) is 3.39. The van der Waals surface area contributed by atoms with Crippen LogP contribution in [0.5, 0.6) is 11.5 Å². The van der Waals surface area contributed by atoms with Gasteiger partial charge in [0, 0.05) is 11.1 Å². The van der Waals surface area contributed by atoms with Gasteiger partial charge in [-0.15, -0.1) is 0 Å². The Hall–Kier alpha value is -2.00. The zero-order chi connectivity index (χ0) is 15.1. The number of rotatable bonds is 7. The quantitative estimate of drug-likeness (QED) is 0.704. The van der Waals surface area contributed by atoms with E-state index in [1.807, 2.05) is 36.4 Å². The Labute approximate surface area is 126 Å². The van der Waals surface area contributed by atoms with Gasteiger partial charge in [-0.2, -0.15) is 0 Å². The molecule has 0 fully saturated rings. The molecule has 0 bridgehead atoms. The monoisotopic (exact) mass is 285 g/mol. The molecule has 0 heterocycles. The van der Waals surface area contributed by atoms with Crippen LogP contribution in [0, 0.1) is 0 Å². The van der Waals surface area contributed by atoms with Crippen molar-refractivity contribution >= 4 is 0 Å². The zero-order valence-electron chi connectivity index (χ0n) is 12.6. The molecule has 0 atom stereocenters. The van der Waals surface area contributed by atoms with Crippen LogP contribution in [-0.4, -0.2) is 13.7 Å². The minimum Gasteiger partial charge on any atom is -0.496 e. The largest absolute Gasteiger partial charge is 0.496 e. The van der Waals surface area contributed by atoms with Crippen LogP contribution < -0.4 is 9.47 Å². The smallest absolute Gasteiger partial charge is 0.132 e. The Kier molecular flexibility index (Phi) is 5.64. The molecule has 2 aromatic carbocycles. The molecule has 21 heavy (non-hydrogen) atoms. The van der Waals surface area contributed by atoms with Crippen molar-refractivity contribution in [3.05, 3.63) is 48.0 Å². The van der Waals surface area contributed by atoms with Crippen molar-refractivity contribution in [1.82, 2.24) is 0 Å². The van der Waals surface area contributed by atoms with Crippen molar-refractivity contribution < 1.29 is 14.6 Å². The summed E-state index contributed by atoms with van der Waals surface area (Å²) in [4.78, 5) is 0. The van der Waals surface area contributed by atoms with Crippen molar-refractivity contribution in [2.75, 3.05) is 13.7 Å². The fourth-order valence-electron chi connectivity index (χ4n) is 2.23. The van der Waals surface area contributed by atoms with E-state index >= 15 is 0 Å². The summed E-state index contributed by atoms with van der Waals surface area (Å²) < 4.78 is 11.1. The summed E-state index contributed by atoms with van der Waals surface area (Å²) in [5.41, 5.74) is 2.63. The van der Waals surface area contributed by atoms with Gasteiger partial charge in [-0.1, -0.05) is 43.7 Å². The van der Waals surface area contributed by atoms with Gasteiger partial charge in [0.05, 0.1) is 13.7 Å². The van der Waals surface area contributed by atoms with E-state index in [1.165, 1.54) is 0 Å². The summed E-state index contributed by atoms with van der Waals surface area (Å²) in [5, 5.41) is 11.2. The number of unbranched alkanes of at least 4 members (excludes halogenated alkanes) is 1. The molecule has 0 aliphatic heterocycles. The third kappa shape index (κ3) is 3.76. The maximum absolute atomic E-state index is 11.2. The van der Waals surface area contributed by atoms with Gasteiger partial charge in [-0.25, -0.2) is 5.11 Å². The molecule has 0 aromatic heterocycles. The summed E-state index contributed by atoms with van der Waals surface area (Å²) in [5.74, 6) is 1.53. The van der Waals surface area contributed by atoms with Gasteiger partial charge in [0.1, 0.15) is 18.1 Å². The van der Waals surface area contributed by atoms with Crippen LogP contribution in [0.2, 0.25) is 0 Å². The normalized spacial score (nSPS) is 10.4. The van der Waals surface area contributed by atoms with Crippen LogP contribution in [0.4, 0.5) is 0 Å². The van der Waals surface area contributed by atoms with Gasteiger partial charge in [-0.05, 0) is 24.1 Å². The second kappa shape index (κ2) is 7.70. The van der Waals surface area contributed by atoms with Gasteiger partial charge in [0.2, 0.25) is 0 Å². The molecule has 0 aliphatic carbocycles. The van der Waals surface area contributed by atoms with Crippen molar-refractivity contribution in [3.63, 3.8) is 0 Å². The lowest BCUT2D eigenvalue weighted by atomic mass is 10.0. The highest BCUT2D eigenvalue weighted by molar-refractivity contribution is 5.72. The average Bonchev–Trinajstić information content (AvgIpc) is 2.55. The van der Waals surface area contributed by atoms with Crippen LogP contribution in [0.1, 0.15) is 25.3 Å². The third-order valence-electron chi connectivity index (χ3n) is 3.39. The number of hydrogen-bond acceptors (Lipinski definition) is 2. The SMILES string of the molecule is CCCCOc1ccc(-c2cccc(C[O])c2OC)cc1. The van der Waals surface area contributed by atoms with Crippen LogP contribution >= 0.6 is 0 Å². The molecule has 0 saturated carbocycles. The van der Waals surface area contributed by atoms with Crippen LogP contribution in [0.15, 0.2) is 42.5 Å². The first-order chi connectivity index (χ1) is 10.3. The summed E-state index contributed by atoms with van der Waals surface area (Å²) in [6.07, 6.45) is 2.18. The molecule has 3 heteroatoms. The average molecular weight is 285 g/mol. The number of para-hydroxylation sites is 1. The highest BCUT2D eigenvalue weighted by atomic mass is 16.5. The Morgan fingerprint density at radius 2 is 1.81 bits per heavy atom. The Morgan fingerprint density at radius 1 is 1.05 bits per heavy atom. The fourth-order valence-corrected chi connectivity index (χ4v) is 2.23. The Balaban J connectivity index is 2.22. The van der Waals surface area contributed by atoms with Gasteiger partial charge in [0.15, 0.2) is 0 Å². The van der Waals surface area contributed by atoms with Gasteiger partial charge in [-0.3, -0.25) is 0 Å². The van der Waals surface area contributed by atoms with Crippen LogP contribution in [-0.2, 0) is 11.7 Å². The molecular formula is C18H21O3. The first-order valence-electron chi connectivity index (χ1n) is 7.27. The van der Waals surface area contributed by atoms with E-state index in [2.05, 4.69) is 6.92 Å². The molecule has 0 unspecified atom stereocenters. The first kappa shape index (κ1) is 15.4. The summed E-state index contributed by atoms with van der Waals surface area (Å²) in [7, 11) is 1.60. The topological polar surface area (TPSA) is 38.4 Å². The molecule has 0 N–H and O–H groups in total. The molecule has 0 spiro atoms. The summed E-state index contributed by atoms with van der Waals surface area (Å²) in [6.45, 7) is 2.60. The molecule has 2 aromatic rings. The van der Waals surface area contributed by atoms with Crippen molar-refractivity contribution in [2.45, 2.75) is 26.4 Å². The summed E-state index contributed by atoms with van der Waals surface area (Å²) >= 11 is 0. The van der Waals surface area contributed by atoms with E-state index in [1.54, 1.807) is 13.2 Å². The van der Waals surface area contributed by atoms with E-state index < -0.39 is 0 Å². The number of benzene rings is 2. The standard InChI is InChI=1S/C18H21O3/c1-3-4-12-21-16-10-8-14(9-11-16)17-7-5-6-15(13-19)18(17)20-2/h5-11H,3-4,12-13H2,1-2H3. The molecule has 0 saturated heterocycles. The maximum atomic E-state index is 11.2. The van der Waals surface area contributed by atoms with E-state index in [-0.39, 0.29) is 6.61 Å². The minimum atomic E-state index is -0.283. The van der Waals surface area contributed by atoms with E-state index in [4.69, 9.17) is 9.47 Å².